The van der Waals surface area contributed by atoms with E-state index in [1.165, 1.54) is 6.07 Å². The number of hydrogen-bond acceptors (Lipinski definition) is 2. The van der Waals surface area contributed by atoms with Crippen LogP contribution in [0, 0.1) is 12.7 Å². The van der Waals surface area contributed by atoms with E-state index in [2.05, 4.69) is 0 Å². The van der Waals surface area contributed by atoms with Crippen LogP contribution < -0.4 is 4.74 Å². The average Bonchev–Trinajstić information content (AvgIpc) is 2.51. The number of carbonyl (C=O) groups excluding carboxylic acids is 1. The molecule has 14 heavy (non-hydrogen) atoms. The van der Waals surface area contributed by atoms with E-state index in [9.17, 15) is 9.18 Å². The Labute approximate surface area is 81.7 Å². The van der Waals surface area contributed by atoms with Crippen LogP contribution in [-0.2, 0) is 0 Å². The number of carbonyl (C=O) groups is 1. The third-order valence-electron chi connectivity index (χ3n) is 2.49. The van der Waals surface area contributed by atoms with Crippen LogP contribution in [0.1, 0.15) is 29.3 Å². The molecule has 0 saturated carbocycles. The molecule has 0 aromatic heterocycles. The maximum absolute atomic E-state index is 13.3. The van der Waals surface area contributed by atoms with Crippen LogP contribution in [0.2, 0.25) is 0 Å². The van der Waals surface area contributed by atoms with E-state index in [1.807, 2.05) is 6.92 Å². The fourth-order valence-corrected chi connectivity index (χ4v) is 1.70. The minimum Gasteiger partial charge on any atom is -0.478 e. The summed E-state index contributed by atoms with van der Waals surface area (Å²) in [6, 6.07) is 2.94. The molecule has 0 fully saturated rings. The van der Waals surface area contributed by atoms with Crippen molar-refractivity contribution in [3.05, 3.63) is 29.1 Å². The summed E-state index contributed by atoms with van der Waals surface area (Å²) in [6.07, 6.45) is 0.0763. The van der Waals surface area contributed by atoms with Gasteiger partial charge in [0.05, 0.1) is 5.56 Å². The van der Waals surface area contributed by atoms with Crippen LogP contribution in [-0.4, -0.2) is 11.9 Å². The van der Waals surface area contributed by atoms with E-state index in [0.717, 1.165) is 5.56 Å². The smallest absolute Gasteiger partial charge is 0.207 e. The average molecular weight is 194 g/mol. The molecule has 1 aliphatic rings. The molecule has 2 nitrogen and oxygen atoms in total. The van der Waals surface area contributed by atoms with Crippen LogP contribution >= 0.6 is 0 Å². The van der Waals surface area contributed by atoms with E-state index < -0.39 is 11.9 Å². The van der Waals surface area contributed by atoms with Gasteiger partial charge in [0.25, 0.3) is 0 Å². The second-order valence-corrected chi connectivity index (χ2v) is 3.45. The van der Waals surface area contributed by atoms with Crippen molar-refractivity contribution in [2.24, 2.45) is 0 Å². The zero-order valence-corrected chi connectivity index (χ0v) is 8.13. The quantitative estimate of drug-likeness (QED) is 0.686. The van der Waals surface area contributed by atoms with Crippen LogP contribution in [0.15, 0.2) is 12.1 Å². The fraction of sp³-hybridized carbons (Fsp3) is 0.364. The van der Waals surface area contributed by atoms with Gasteiger partial charge >= 0.3 is 0 Å². The van der Waals surface area contributed by atoms with Crippen LogP contribution in [0.4, 0.5) is 4.39 Å². The van der Waals surface area contributed by atoms with Gasteiger partial charge in [-0.25, -0.2) is 4.39 Å². The Morgan fingerprint density at radius 3 is 2.79 bits per heavy atom. The monoisotopic (exact) mass is 194 g/mol. The number of benzene rings is 1. The number of ketones is 1. The van der Waals surface area contributed by atoms with Gasteiger partial charge in [-0.15, -0.1) is 0 Å². The number of ether oxygens (including phenoxy) is 1. The van der Waals surface area contributed by atoms with E-state index in [4.69, 9.17) is 4.74 Å². The SMILES string of the molecule is CCC1Oc2c(F)ccc(C)c2C1=O. The lowest BCUT2D eigenvalue weighted by atomic mass is 10.0. The standard InChI is InChI=1S/C11H11FO2/c1-3-8-10(13)9-6(2)4-5-7(12)11(9)14-8/h4-5,8H,3H2,1-2H3. The van der Waals surface area contributed by atoms with E-state index in [-0.39, 0.29) is 11.5 Å². The minimum atomic E-state index is -0.499. The molecule has 1 atom stereocenters. The molecule has 1 heterocycles. The Morgan fingerprint density at radius 1 is 1.50 bits per heavy atom. The van der Waals surface area contributed by atoms with Gasteiger partial charge in [-0.1, -0.05) is 13.0 Å². The Hall–Kier alpha value is -1.38. The molecule has 1 aliphatic heterocycles. The van der Waals surface area contributed by atoms with Crippen molar-refractivity contribution < 1.29 is 13.9 Å². The highest BCUT2D eigenvalue weighted by Gasteiger charge is 2.34. The fourth-order valence-electron chi connectivity index (χ4n) is 1.70. The number of halogens is 1. The Kier molecular flexibility index (Phi) is 2.02. The molecule has 2 rings (SSSR count). The lowest BCUT2D eigenvalue weighted by Crippen LogP contribution is -2.18. The normalized spacial score (nSPS) is 19.4. The number of rotatable bonds is 1. The van der Waals surface area contributed by atoms with Crippen molar-refractivity contribution >= 4 is 5.78 Å². The first-order valence-corrected chi connectivity index (χ1v) is 4.65. The number of hydrogen-bond donors (Lipinski definition) is 0. The first kappa shape index (κ1) is 9.19. The molecule has 0 N–H and O–H groups in total. The molecular weight excluding hydrogens is 183 g/mol. The summed E-state index contributed by atoms with van der Waals surface area (Å²) in [4.78, 5) is 11.7. The number of aryl methyl sites for hydroxylation is 1. The Morgan fingerprint density at radius 2 is 2.21 bits per heavy atom. The van der Waals surface area contributed by atoms with Gasteiger partial charge < -0.3 is 4.74 Å². The zero-order chi connectivity index (χ0) is 10.3. The number of fused-ring (bicyclic) bond motifs is 1. The molecule has 0 radical (unpaired) electrons. The maximum atomic E-state index is 13.3. The highest BCUT2D eigenvalue weighted by atomic mass is 19.1. The molecule has 1 unspecified atom stereocenters. The molecule has 1 aromatic carbocycles. The van der Waals surface area contributed by atoms with Gasteiger partial charge in [-0.05, 0) is 25.0 Å². The molecule has 0 saturated heterocycles. The molecule has 0 amide bonds. The van der Waals surface area contributed by atoms with Gasteiger partial charge in [0, 0.05) is 0 Å². The summed E-state index contributed by atoms with van der Waals surface area (Å²) in [5.41, 5.74) is 1.19. The van der Waals surface area contributed by atoms with Crippen molar-refractivity contribution in [2.75, 3.05) is 0 Å². The van der Waals surface area contributed by atoms with Gasteiger partial charge in [0.2, 0.25) is 5.78 Å². The minimum absolute atomic E-state index is 0.0977. The molecule has 0 spiro atoms. The zero-order valence-electron chi connectivity index (χ0n) is 8.13. The van der Waals surface area contributed by atoms with Crippen molar-refractivity contribution in [2.45, 2.75) is 26.4 Å². The summed E-state index contributed by atoms with van der Waals surface area (Å²) in [7, 11) is 0. The van der Waals surface area contributed by atoms with Gasteiger partial charge in [-0.2, -0.15) is 0 Å². The van der Waals surface area contributed by atoms with Gasteiger partial charge in [0.15, 0.2) is 17.7 Å². The Balaban J connectivity index is 2.58. The van der Waals surface area contributed by atoms with Gasteiger partial charge in [-0.3, -0.25) is 4.79 Å². The summed E-state index contributed by atoms with van der Waals surface area (Å²) >= 11 is 0. The van der Waals surface area contributed by atoms with E-state index >= 15 is 0 Å². The molecular formula is C11H11FO2. The summed E-state index contributed by atoms with van der Waals surface area (Å²) in [5, 5.41) is 0. The third kappa shape index (κ3) is 1.12. The molecule has 0 bridgehead atoms. The van der Waals surface area contributed by atoms with E-state index in [1.54, 1.807) is 13.0 Å². The first-order chi connectivity index (χ1) is 6.65. The second kappa shape index (κ2) is 3.08. The van der Waals surface area contributed by atoms with Crippen molar-refractivity contribution in [1.29, 1.82) is 0 Å². The summed E-state index contributed by atoms with van der Waals surface area (Å²) in [5.74, 6) is -0.420. The second-order valence-electron chi connectivity index (χ2n) is 3.45. The predicted molar refractivity (Wildman–Crippen MR) is 50.2 cm³/mol. The molecule has 74 valence electrons. The first-order valence-electron chi connectivity index (χ1n) is 4.65. The van der Waals surface area contributed by atoms with E-state index in [0.29, 0.717) is 12.0 Å². The van der Waals surface area contributed by atoms with Gasteiger partial charge in [0.1, 0.15) is 0 Å². The Bertz CT molecular complexity index is 399. The highest BCUT2D eigenvalue weighted by molar-refractivity contribution is 6.05. The van der Waals surface area contributed by atoms with Crippen molar-refractivity contribution in [3.8, 4) is 5.75 Å². The lowest BCUT2D eigenvalue weighted by Gasteiger charge is -2.04. The summed E-state index contributed by atoms with van der Waals surface area (Å²) < 4.78 is 18.5. The van der Waals surface area contributed by atoms with Crippen LogP contribution in [0.5, 0.6) is 5.75 Å². The molecule has 0 aliphatic carbocycles. The third-order valence-corrected chi connectivity index (χ3v) is 2.49. The van der Waals surface area contributed by atoms with Crippen molar-refractivity contribution in [1.82, 2.24) is 0 Å². The van der Waals surface area contributed by atoms with Crippen LogP contribution in [0.25, 0.3) is 0 Å². The topological polar surface area (TPSA) is 26.3 Å². The lowest BCUT2D eigenvalue weighted by molar-refractivity contribution is 0.0850. The molecule has 1 aromatic rings. The van der Waals surface area contributed by atoms with Crippen LogP contribution in [0.3, 0.4) is 0 Å². The largest absolute Gasteiger partial charge is 0.478 e. The van der Waals surface area contributed by atoms with Crippen molar-refractivity contribution in [3.63, 3.8) is 0 Å². The maximum Gasteiger partial charge on any atom is 0.207 e. The molecule has 3 heteroatoms. The highest BCUT2D eigenvalue weighted by Crippen LogP contribution is 2.34. The summed E-state index contributed by atoms with van der Waals surface area (Å²) in [6.45, 7) is 3.64. The number of Topliss-reactive ketones (excluding diaryl/α,β-unsaturated/α-hetero) is 1. The predicted octanol–water partition coefficient (Wildman–Crippen LogP) is 2.49.